The van der Waals surface area contributed by atoms with Crippen LogP contribution in [0.3, 0.4) is 0 Å². The summed E-state index contributed by atoms with van der Waals surface area (Å²) < 4.78 is 1.12. The van der Waals surface area contributed by atoms with Crippen molar-refractivity contribution in [2.75, 3.05) is 39.3 Å². The number of urea groups is 1. The van der Waals surface area contributed by atoms with Crippen molar-refractivity contribution in [2.45, 2.75) is 19.3 Å². The van der Waals surface area contributed by atoms with E-state index in [1.165, 1.54) is 6.42 Å². The largest absolute Gasteiger partial charge is 0.335 e. The molecular formula is C17H22IN3O2. The fraction of sp³-hybridized carbons (Fsp3) is 0.529. The van der Waals surface area contributed by atoms with Gasteiger partial charge in [-0.25, -0.2) is 4.79 Å². The molecule has 0 radical (unpaired) electrons. The van der Waals surface area contributed by atoms with E-state index in [1.54, 1.807) is 0 Å². The van der Waals surface area contributed by atoms with E-state index in [0.717, 1.165) is 35.1 Å². The Bertz CT molecular complexity index is 562. The fourth-order valence-electron chi connectivity index (χ4n) is 3.16. The van der Waals surface area contributed by atoms with Crippen LogP contribution in [0.1, 0.15) is 29.6 Å². The first-order chi connectivity index (χ1) is 11.1. The molecule has 0 aliphatic carbocycles. The van der Waals surface area contributed by atoms with Gasteiger partial charge in [-0.05, 0) is 66.1 Å². The molecule has 0 bridgehead atoms. The van der Waals surface area contributed by atoms with Crippen molar-refractivity contribution < 1.29 is 9.59 Å². The highest BCUT2D eigenvalue weighted by molar-refractivity contribution is 14.1. The molecule has 1 aromatic carbocycles. The maximum absolute atomic E-state index is 12.5. The van der Waals surface area contributed by atoms with Gasteiger partial charge in [-0.2, -0.15) is 0 Å². The topological polar surface area (TPSA) is 43.9 Å². The molecule has 3 rings (SSSR count). The van der Waals surface area contributed by atoms with Crippen molar-refractivity contribution in [2.24, 2.45) is 0 Å². The lowest BCUT2D eigenvalue weighted by Gasteiger charge is -2.38. The van der Waals surface area contributed by atoms with Gasteiger partial charge in [0.2, 0.25) is 0 Å². The number of carbonyl (C=O) groups is 2. The van der Waals surface area contributed by atoms with Gasteiger partial charge in [-0.15, -0.1) is 0 Å². The van der Waals surface area contributed by atoms with Crippen LogP contribution >= 0.6 is 22.6 Å². The highest BCUT2D eigenvalue weighted by Crippen LogP contribution is 2.15. The van der Waals surface area contributed by atoms with Gasteiger partial charge >= 0.3 is 6.03 Å². The molecule has 2 aliphatic heterocycles. The van der Waals surface area contributed by atoms with Gasteiger partial charge in [0.1, 0.15) is 0 Å². The number of likely N-dealkylation sites (tertiary alicyclic amines) is 1. The predicted octanol–water partition coefficient (Wildman–Crippen LogP) is 2.65. The van der Waals surface area contributed by atoms with E-state index < -0.39 is 0 Å². The Labute approximate surface area is 150 Å². The maximum Gasteiger partial charge on any atom is 0.320 e. The molecule has 2 saturated heterocycles. The van der Waals surface area contributed by atoms with E-state index in [9.17, 15) is 9.59 Å². The monoisotopic (exact) mass is 427 g/mol. The standard InChI is InChI=1S/C17H22IN3O2/c18-15-6-4-14(5-7-15)16(22)19-10-12-21(13-11-19)17(23)20-8-2-1-3-9-20/h4-7H,1-3,8-13H2. The average molecular weight is 427 g/mol. The van der Waals surface area contributed by atoms with Crippen LogP contribution in [0.25, 0.3) is 0 Å². The third-order valence-corrected chi connectivity index (χ3v) is 5.27. The highest BCUT2D eigenvalue weighted by Gasteiger charge is 2.28. The lowest BCUT2D eigenvalue weighted by Crippen LogP contribution is -2.54. The number of amides is 3. The van der Waals surface area contributed by atoms with Gasteiger partial charge in [0.15, 0.2) is 0 Å². The van der Waals surface area contributed by atoms with E-state index in [1.807, 2.05) is 39.0 Å². The number of benzene rings is 1. The van der Waals surface area contributed by atoms with Crippen molar-refractivity contribution in [3.63, 3.8) is 0 Å². The summed E-state index contributed by atoms with van der Waals surface area (Å²) in [6.45, 7) is 4.24. The third-order valence-electron chi connectivity index (χ3n) is 4.56. The third kappa shape index (κ3) is 3.97. The lowest BCUT2D eigenvalue weighted by molar-refractivity contribution is 0.0633. The van der Waals surface area contributed by atoms with Crippen molar-refractivity contribution in [1.29, 1.82) is 0 Å². The van der Waals surface area contributed by atoms with Crippen molar-refractivity contribution in [3.05, 3.63) is 33.4 Å². The average Bonchev–Trinajstić information content (AvgIpc) is 2.62. The van der Waals surface area contributed by atoms with Crippen molar-refractivity contribution >= 4 is 34.5 Å². The summed E-state index contributed by atoms with van der Waals surface area (Å²) >= 11 is 2.23. The summed E-state index contributed by atoms with van der Waals surface area (Å²) in [6.07, 6.45) is 3.44. The first-order valence-corrected chi connectivity index (χ1v) is 9.32. The van der Waals surface area contributed by atoms with Crippen LogP contribution in [0.4, 0.5) is 4.79 Å². The van der Waals surface area contributed by atoms with Gasteiger partial charge in [0, 0.05) is 48.4 Å². The SMILES string of the molecule is O=C(c1ccc(I)cc1)N1CCN(C(=O)N2CCCCC2)CC1. The lowest BCUT2D eigenvalue weighted by atomic mass is 10.1. The summed E-state index contributed by atoms with van der Waals surface area (Å²) in [7, 11) is 0. The Morgan fingerprint density at radius 2 is 1.26 bits per heavy atom. The first kappa shape index (κ1) is 16.5. The predicted molar refractivity (Wildman–Crippen MR) is 97.5 cm³/mol. The molecular weight excluding hydrogens is 405 g/mol. The summed E-state index contributed by atoms with van der Waals surface area (Å²) in [4.78, 5) is 30.7. The van der Waals surface area contributed by atoms with Gasteiger partial charge in [-0.3, -0.25) is 4.79 Å². The zero-order valence-corrected chi connectivity index (χ0v) is 15.4. The Morgan fingerprint density at radius 1 is 0.739 bits per heavy atom. The molecule has 1 aromatic rings. The molecule has 6 heteroatoms. The molecule has 0 unspecified atom stereocenters. The quantitative estimate of drug-likeness (QED) is 0.647. The zero-order valence-electron chi connectivity index (χ0n) is 13.2. The Morgan fingerprint density at radius 3 is 1.87 bits per heavy atom. The minimum absolute atomic E-state index is 0.0615. The zero-order chi connectivity index (χ0) is 16.2. The molecule has 23 heavy (non-hydrogen) atoms. The second kappa shape index (κ2) is 7.51. The number of carbonyl (C=O) groups excluding carboxylic acids is 2. The fourth-order valence-corrected chi connectivity index (χ4v) is 3.52. The van der Waals surface area contributed by atoms with E-state index >= 15 is 0 Å². The number of hydrogen-bond donors (Lipinski definition) is 0. The van der Waals surface area contributed by atoms with Gasteiger partial charge in [0.05, 0.1) is 0 Å². The molecule has 124 valence electrons. The minimum Gasteiger partial charge on any atom is -0.335 e. The Kier molecular flexibility index (Phi) is 5.40. The van der Waals surface area contributed by atoms with Crippen molar-refractivity contribution in [1.82, 2.24) is 14.7 Å². The summed E-state index contributed by atoms with van der Waals surface area (Å²) in [5.41, 5.74) is 0.723. The first-order valence-electron chi connectivity index (χ1n) is 8.24. The molecule has 0 saturated carbocycles. The number of piperidine rings is 1. The number of hydrogen-bond acceptors (Lipinski definition) is 2. The number of nitrogens with zero attached hydrogens (tertiary/aromatic N) is 3. The number of halogens is 1. The normalized spacial score (nSPS) is 18.9. The number of rotatable bonds is 1. The molecule has 5 nitrogen and oxygen atoms in total. The second-order valence-electron chi connectivity index (χ2n) is 6.12. The van der Waals surface area contributed by atoms with Crippen molar-refractivity contribution in [3.8, 4) is 0 Å². The smallest absolute Gasteiger partial charge is 0.320 e. The molecule has 0 spiro atoms. The van der Waals surface area contributed by atoms with Crippen LogP contribution in [0.5, 0.6) is 0 Å². The molecule has 2 aliphatic rings. The van der Waals surface area contributed by atoms with Gasteiger partial charge in [0.25, 0.3) is 5.91 Å². The Balaban J connectivity index is 1.54. The Hall–Kier alpha value is -1.31. The second-order valence-corrected chi connectivity index (χ2v) is 7.36. The van der Waals surface area contributed by atoms with Crippen LogP contribution in [0.2, 0.25) is 0 Å². The molecule has 2 fully saturated rings. The maximum atomic E-state index is 12.5. The minimum atomic E-state index is 0.0615. The highest BCUT2D eigenvalue weighted by atomic mass is 127. The summed E-state index contributed by atoms with van der Waals surface area (Å²) in [5, 5.41) is 0. The van der Waals surface area contributed by atoms with Gasteiger partial charge < -0.3 is 14.7 Å². The summed E-state index contributed by atoms with van der Waals surface area (Å²) in [5.74, 6) is 0.0615. The van der Waals surface area contributed by atoms with E-state index in [4.69, 9.17) is 0 Å². The molecule has 2 heterocycles. The van der Waals surface area contributed by atoms with Crippen LogP contribution in [0.15, 0.2) is 24.3 Å². The van der Waals surface area contributed by atoms with Crippen LogP contribution in [-0.2, 0) is 0 Å². The van der Waals surface area contributed by atoms with E-state index in [0.29, 0.717) is 26.2 Å². The van der Waals surface area contributed by atoms with Crippen LogP contribution < -0.4 is 0 Å². The molecule has 0 aromatic heterocycles. The van der Waals surface area contributed by atoms with E-state index in [2.05, 4.69) is 22.6 Å². The molecule has 0 N–H and O–H groups in total. The van der Waals surface area contributed by atoms with E-state index in [-0.39, 0.29) is 11.9 Å². The molecule has 0 atom stereocenters. The van der Waals surface area contributed by atoms with Crippen LogP contribution in [-0.4, -0.2) is 65.9 Å². The molecule has 3 amide bonds. The van der Waals surface area contributed by atoms with Crippen LogP contribution in [0, 0.1) is 3.57 Å². The summed E-state index contributed by atoms with van der Waals surface area (Å²) in [6, 6.07) is 7.78. The van der Waals surface area contributed by atoms with Gasteiger partial charge in [-0.1, -0.05) is 0 Å². The number of piperazine rings is 1.